The van der Waals surface area contributed by atoms with Crippen LogP contribution in [0.4, 0.5) is 0 Å². The van der Waals surface area contributed by atoms with E-state index in [0.717, 1.165) is 26.0 Å². The lowest BCUT2D eigenvalue weighted by atomic mass is 10.2. The topological polar surface area (TPSA) is 20.7 Å². The summed E-state index contributed by atoms with van der Waals surface area (Å²) in [4.78, 5) is 3.25. The molecule has 0 atom stereocenters. The van der Waals surface area contributed by atoms with Crippen molar-refractivity contribution in [2.24, 2.45) is 0 Å². The lowest BCUT2D eigenvalue weighted by Crippen LogP contribution is -1.93. The third kappa shape index (κ3) is 1.91. The van der Waals surface area contributed by atoms with Crippen molar-refractivity contribution in [3.63, 3.8) is 0 Å². The second-order valence-corrected chi connectivity index (χ2v) is 5.56. The summed E-state index contributed by atoms with van der Waals surface area (Å²) in [5.74, 6) is 0. The van der Waals surface area contributed by atoms with Gasteiger partial charge < -0.3 is 4.98 Å². The Kier molecular flexibility index (Phi) is 2.84. The van der Waals surface area contributed by atoms with Crippen LogP contribution in [0.2, 0.25) is 0 Å². The average molecular weight is 319 g/mol. The molecule has 2 aromatic carbocycles. The minimum absolute atomic E-state index is 0.720. The molecule has 0 bridgehead atoms. The molecule has 0 amide bonds. The zero-order chi connectivity index (χ0) is 12.7. The van der Waals surface area contributed by atoms with Gasteiger partial charge in [-0.1, -0.05) is 22.0 Å². The number of rotatable bonds is 1. The average Bonchev–Trinajstić information content (AvgIpc) is 2.65. The van der Waals surface area contributed by atoms with Crippen molar-refractivity contribution < 1.29 is 0 Å². The summed E-state index contributed by atoms with van der Waals surface area (Å²) in [7, 11) is 0. The highest BCUT2D eigenvalue weighted by molar-refractivity contribution is 9.10. The van der Waals surface area contributed by atoms with E-state index in [-0.39, 0.29) is 0 Å². The van der Waals surface area contributed by atoms with E-state index < -0.39 is 0 Å². The highest BCUT2D eigenvalue weighted by atomic mass is 79.9. The van der Waals surface area contributed by atoms with Gasteiger partial charge in [-0.3, -0.25) is 4.57 Å². The number of hydrogen-bond donors (Lipinski definition) is 1. The van der Waals surface area contributed by atoms with Crippen molar-refractivity contribution >= 4 is 39.2 Å². The number of benzene rings is 2. The zero-order valence-corrected chi connectivity index (χ0v) is 12.2. The molecule has 90 valence electrons. The number of halogens is 1. The Morgan fingerprint density at radius 3 is 2.56 bits per heavy atom. The molecule has 0 radical (unpaired) electrons. The Hall–Kier alpha value is -1.39. The number of nitrogens with zero attached hydrogens (tertiary/aromatic N) is 1. The molecular formula is C14H11BrN2S. The number of aromatic nitrogens is 2. The Morgan fingerprint density at radius 1 is 1.11 bits per heavy atom. The predicted molar refractivity (Wildman–Crippen MR) is 80.9 cm³/mol. The van der Waals surface area contributed by atoms with Crippen molar-refractivity contribution in [1.29, 1.82) is 0 Å². The van der Waals surface area contributed by atoms with Crippen LogP contribution in [-0.4, -0.2) is 9.55 Å². The number of aromatic amines is 1. The van der Waals surface area contributed by atoms with Gasteiger partial charge in [0, 0.05) is 10.2 Å². The third-order valence-corrected chi connectivity index (χ3v) is 3.74. The van der Waals surface area contributed by atoms with Crippen LogP contribution in [0.5, 0.6) is 0 Å². The summed E-state index contributed by atoms with van der Waals surface area (Å²) in [5, 5.41) is 0. The van der Waals surface area contributed by atoms with Gasteiger partial charge in [-0.2, -0.15) is 0 Å². The van der Waals surface area contributed by atoms with E-state index in [9.17, 15) is 0 Å². The maximum atomic E-state index is 5.41. The monoisotopic (exact) mass is 318 g/mol. The Morgan fingerprint density at radius 2 is 1.83 bits per heavy atom. The molecule has 1 N–H and O–H groups in total. The highest BCUT2D eigenvalue weighted by Gasteiger charge is 2.06. The van der Waals surface area contributed by atoms with E-state index in [2.05, 4.69) is 50.6 Å². The molecule has 1 heterocycles. The molecule has 18 heavy (non-hydrogen) atoms. The molecular weight excluding hydrogens is 308 g/mol. The summed E-state index contributed by atoms with van der Waals surface area (Å²) in [6.07, 6.45) is 0. The molecule has 0 unspecified atom stereocenters. The third-order valence-electron chi connectivity index (χ3n) is 2.92. The van der Waals surface area contributed by atoms with Gasteiger partial charge in [0.25, 0.3) is 0 Å². The lowest BCUT2D eigenvalue weighted by molar-refractivity contribution is 1.06. The van der Waals surface area contributed by atoms with Gasteiger partial charge in [-0.15, -0.1) is 0 Å². The smallest absolute Gasteiger partial charge is 0.182 e. The number of H-pyrrole nitrogens is 1. The Bertz CT molecular complexity index is 769. The maximum absolute atomic E-state index is 5.41. The van der Waals surface area contributed by atoms with E-state index >= 15 is 0 Å². The highest BCUT2D eigenvalue weighted by Crippen LogP contribution is 2.21. The lowest BCUT2D eigenvalue weighted by Gasteiger charge is -2.04. The summed E-state index contributed by atoms with van der Waals surface area (Å²) < 4.78 is 3.84. The molecule has 0 aliphatic rings. The molecule has 2 nitrogen and oxygen atoms in total. The first-order valence-electron chi connectivity index (χ1n) is 5.62. The van der Waals surface area contributed by atoms with Crippen LogP contribution >= 0.6 is 28.1 Å². The predicted octanol–water partition coefficient (Wildman–Crippen LogP) is 4.76. The first-order chi connectivity index (χ1) is 8.65. The molecule has 3 rings (SSSR count). The van der Waals surface area contributed by atoms with Crippen LogP contribution in [0.3, 0.4) is 0 Å². The van der Waals surface area contributed by atoms with Crippen LogP contribution in [0.1, 0.15) is 5.56 Å². The standard InChI is InChI=1S/C14H11BrN2S/c1-9-2-7-13-12(8-9)16-14(18)17(13)11-5-3-10(15)4-6-11/h2-8H,1H3,(H,16,18). The molecule has 0 saturated carbocycles. The largest absolute Gasteiger partial charge is 0.330 e. The normalized spacial score (nSPS) is 11.0. The van der Waals surface area contributed by atoms with Crippen LogP contribution in [0.25, 0.3) is 16.7 Å². The van der Waals surface area contributed by atoms with Crippen LogP contribution in [0.15, 0.2) is 46.9 Å². The summed E-state index contributed by atoms with van der Waals surface area (Å²) in [5.41, 5.74) is 4.47. The first kappa shape index (κ1) is 11.7. The van der Waals surface area contributed by atoms with Crippen molar-refractivity contribution in [3.05, 3.63) is 57.3 Å². The molecule has 0 aliphatic heterocycles. The molecule has 1 aromatic heterocycles. The quantitative estimate of drug-likeness (QED) is 0.641. The Labute approximate surface area is 118 Å². The number of fused-ring (bicyclic) bond motifs is 1. The van der Waals surface area contributed by atoms with Gasteiger partial charge in [0.15, 0.2) is 4.77 Å². The fourth-order valence-electron chi connectivity index (χ4n) is 2.07. The van der Waals surface area contributed by atoms with E-state index in [1.54, 1.807) is 0 Å². The fourth-order valence-corrected chi connectivity index (χ4v) is 2.65. The minimum atomic E-state index is 0.720. The van der Waals surface area contributed by atoms with E-state index in [1.807, 2.05) is 24.3 Å². The zero-order valence-electron chi connectivity index (χ0n) is 9.77. The molecule has 3 aromatic rings. The SMILES string of the molecule is Cc1ccc2c(c1)[nH]c(=S)n2-c1ccc(Br)cc1. The minimum Gasteiger partial charge on any atom is -0.330 e. The second-order valence-electron chi connectivity index (χ2n) is 4.26. The van der Waals surface area contributed by atoms with Crippen LogP contribution < -0.4 is 0 Å². The van der Waals surface area contributed by atoms with Gasteiger partial charge in [0.2, 0.25) is 0 Å². The van der Waals surface area contributed by atoms with Crippen LogP contribution in [0, 0.1) is 11.7 Å². The van der Waals surface area contributed by atoms with Gasteiger partial charge in [0.05, 0.1) is 11.0 Å². The number of nitrogens with one attached hydrogen (secondary N) is 1. The van der Waals surface area contributed by atoms with E-state index in [1.165, 1.54) is 5.56 Å². The Balaban J connectivity index is 2.32. The molecule has 4 heteroatoms. The van der Waals surface area contributed by atoms with E-state index in [0.29, 0.717) is 0 Å². The number of hydrogen-bond acceptors (Lipinski definition) is 1. The van der Waals surface area contributed by atoms with Crippen molar-refractivity contribution in [2.75, 3.05) is 0 Å². The number of aryl methyl sites for hydroxylation is 1. The molecule has 0 aliphatic carbocycles. The van der Waals surface area contributed by atoms with Crippen molar-refractivity contribution in [1.82, 2.24) is 9.55 Å². The molecule has 0 spiro atoms. The molecule has 0 fully saturated rings. The van der Waals surface area contributed by atoms with Crippen molar-refractivity contribution in [3.8, 4) is 5.69 Å². The summed E-state index contributed by atoms with van der Waals surface area (Å²) in [6, 6.07) is 14.4. The van der Waals surface area contributed by atoms with Crippen LogP contribution in [-0.2, 0) is 0 Å². The number of imidazole rings is 1. The van der Waals surface area contributed by atoms with Crippen molar-refractivity contribution in [2.45, 2.75) is 6.92 Å². The molecule has 0 saturated heterocycles. The van der Waals surface area contributed by atoms with Gasteiger partial charge in [-0.25, -0.2) is 0 Å². The van der Waals surface area contributed by atoms with Gasteiger partial charge in [0.1, 0.15) is 0 Å². The van der Waals surface area contributed by atoms with E-state index in [4.69, 9.17) is 12.2 Å². The van der Waals surface area contributed by atoms with Gasteiger partial charge in [-0.05, 0) is 61.1 Å². The maximum Gasteiger partial charge on any atom is 0.182 e. The summed E-state index contributed by atoms with van der Waals surface area (Å²) in [6.45, 7) is 2.08. The fraction of sp³-hybridized carbons (Fsp3) is 0.0714. The second kappa shape index (κ2) is 4.37. The first-order valence-corrected chi connectivity index (χ1v) is 6.82. The van der Waals surface area contributed by atoms with Gasteiger partial charge >= 0.3 is 0 Å². The summed E-state index contributed by atoms with van der Waals surface area (Å²) >= 11 is 8.85.